The summed E-state index contributed by atoms with van der Waals surface area (Å²) in [5.41, 5.74) is -3.25. The molecule has 3 aromatic carbocycles. The van der Waals surface area contributed by atoms with Crippen LogP contribution in [0.1, 0.15) is 43.8 Å². The standard InChI is InChI=1S/C25H16F7NO3.C2H6/c1-12-10-34-24(35-11-12)13-2-3-16(18(26)4-13)14-5-21(29)23(22(30)6-14)25(31,32)36-15-7-19(27)17(9-33)20(28)8-15;1-2/h2-8,12,24H,10-11H2,1H3;1-2H3. The minimum absolute atomic E-state index is 0.159. The van der Waals surface area contributed by atoms with Crippen molar-refractivity contribution < 1.29 is 44.9 Å². The van der Waals surface area contributed by atoms with E-state index in [2.05, 4.69) is 4.74 Å². The maximum atomic E-state index is 14.8. The van der Waals surface area contributed by atoms with Crippen LogP contribution in [0, 0.1) is 46.3 Å². The monoisotopic (exact) mass is 541 g/mol. The first kappa shape index (κ1) is 28.9. The summed E-state index contributed by atoms with van der Waals surface area (Å²) in [6.45, 7) is 6.69. The van der Waals surface area contributed by atoms with Crippen molar-refractivity contribution in [2.45, 2.75) is 33.2 Å². The Morgan fingerprint density at radius 3 is 1.89 bits per heavy atom. The van der Waals surface area contributed by atoms with Gasteiger partial charge in [0.15, 0.2) is 6.29 Å². The molecule has 0 amide bonds. The van der Waals surface area contributed by atoms with Crippen LogP contribution in [0.25, 0.3) is 11.1 Å². The van der Waals surface area contributed by atoms with Gasteiger partial charge in [0.1, 0.15) is 52.0 Å². The second-order valence-electron chi connectivity index (χ2n) is 8.15. The first-order chi connectivity index (χ1) is 18.0. The molecule has 4 nitrogen and oxygen atoms in total. The van der Waals surface area contributed by atoms with Gasteiger partial charge in [-0.05, 0) is 23.8 Å². The molecule has 0 radical (unpaired) electrons. The van der Waals surface area contributed by atoms with Gasteiger partial charge in [0, 0.05) is 29.2 Å². The quantitative estimate of drug-likeness (QED) is 0.310. The number of hydrogen-bond donors (Lipinski definition) is 0. The molecule has 1 aliphatic rings. The third-order valence-electron chi connectivity index (χ3n) is 5.35. The van der Waals surface area contributed by atoms with Crippen molar-refractivity contribution in [3.63, 3.8) is 0 Å². The van der Waals surface area contributed by atoms with Crippen LogP contribution < -0.4 is 4.74 Å². The van der Waals surface area contributed by atoms with Crippen LogP contribution in [0.2, 0.25) is 0 Å². The van der Waals surface area contributed by atoms with Crippen LogP contribution >= 0.6 is 0 Å². The predicted octanol–water partition coefficient (Wildman–Crippen LogP) is 7.76. The summed E-state index contributed by atoms with van der Waals surface area (Å²) < 4.78 is 116. The molecule has 1 aliphatic heterocycles. The molecule has 4 rings (SSSR count). The van der Waals surface area contributed by atoms with Gasteiger partial charge in [-0.1, -0.05) is 32.9 Å². The van der Waals surface area contributed by atoms with Gasteiger partial charge in [0.25, 0.3) is 0 Å². The van der Waals surface area contributed by atoms with E-state index in [9.17, 15) is 30.7 Å². The highest BCUT2D eigenvalue weighted by Crippen LogP contribution is 2.38. The van der Waals surface area contributed by atoms with E-state index in [0.717, 1.165) is 6.07 Å². The maximum absolute atomic E-state index is 14.8. The van der Waals surface area contributed by atoms with Gasteiger partial charge in [0.2, 0.25) is 0 Å². The van der Waals surface area contributed by atoms with Crippen LogP contribution in [0.5, 0.6) is 5.75 Å². The normalized spacial score (nSPS) is 17.3. The molecule has 0 spiro atoms. The van der Waals surface area contributed by atoms with Gasteiger partial charge in [-0.2, -0.15) is 14.0 Å². The van der Waals surface area contributed by atoms with E-state index in [-0.39, 0.29) is 29.2 Å². The van der Waals surface area contributed by atoms with Gasteiger partial charge in [0.05, 0.1) is 13.2 Å². The topological polar surface area (TPSA) is 51.5 Å². The number of hydrogen-bond acceptors (Lipinski definition) is 4. The highest BCUT2D eigenvalue weighted by atomic mass is 19.3. The van der Waals surface area contributed by atoms with Crippen molar-refractivity contribution in [3.05, 3.63) is 88.2 Å². The van der Waals surface area contributed by atoms with E-state index in [4.69, 9.17) is 14.7 Å². The smallest absolute Gasteiger partial charge is 0.429 e. The summed E-state index contributed by atoms with van der Waals surface area (Å²) >= 11 is 0. The highest BCUT2D eigenvalue weighted by molar-refractivity contribution is 5.65. The molecule has 11 heteroatoms. The lowest BCUT2D eigenvalue weighted by Crippen LogP contribution is -2.25. The van der Waals surface area contributed by atoms with Crippen molar-refractivity contribution in [2.75, 3.05) is 13.2 Å². The summed E-state index contributed by atoms with van der Waals surface area (Å²) in [7, 11) is 0. The summed E-state index contributed by atoms with van der Waals surface area (Å²) in [5, 5.41) is 8.65. The highest BCUT2D eigenvalue weighted by Gasteiger charge is 2.41. The molecule has 0 unspecified atom stereocenters. The Labute approximate surface area is 214 Å². The van der Waals surface area contributed by atoms with Crippen molar-refractivity contribution in [3.8, 4) is 22.9 Å². The predicted molar refractivity (Wildman–Crippen MR) is 123 cm³/mol. The lowest BCUT2D eigenvalue weighted by atomic mass is 10.00. The minimum Gasteiger partial charge on any atom is -0.429 e. The van der Waals surface area contributed by atoms with Gasteiger partial charge in [-0.25, -0.2) is 22.0 Å². The molecular formula is C27H22F7NO3. The first-order valence-corrected chi connectivity index (χ1v) is 11.5. The molecule has 1 saturated heterocycles. The van der Waals surface area contributed by atoms with Crippen molar-refractivity contribution in [1.82, 2.24) is 0 Å². The van der Waals surface area contributed by atoms with Gasteiger partial charge >= 0.3 is 6.11 Å². The van der Waals surface area contributed by atoms with E-state index in [1.165, 1.54) is 18.2 Å². The van der Waals surface area contributed by atoms with Gasteiger partial charge in [-0.3, -0.25) is 0 Å². The Balaban J connectivity index is 0.00000195. The molecule has 0 N–H and O–H groups in total. The van der Waals surface area contributed by atoms with Crippen molar-refractivity contribution >= 4 is 0 Å². The fourth-order valence-corrected chi connectivity index (χ4v) is 3.63. The third kappa shape index (κ3) is 6.09. The van der Waals surface area contributed by atoms with E-state index in [1.807, 2.05) is 20.8 Å². The van der Waals surface area contributed by atoms with Crippen LogP contribution in [0.15, 0.2) is 42.5 Å². The van der Waals surface area contributed by atoms with Gasteiger partial charge < -0.3 is 14.2 Å². The molecule has 1 fully saturated rings. The number of benzene rings is 3. The fraction of sp³-hybridized carbons (Fsp3) is 0.296. The SMILES string of the molecule is CC.CC1COC(c2ccc(-c3cc(F)c(C(F)(F)Oc4cc(F)c(C#N)c(F)c4)c(F)c3)c(F)c2)OC1. The molecule has 202 valence electrons. The number of nitriles is 1. The molecule has 0 aliphatic carbocycles. The van der Waals surface area contributed by atoms with Crippen molar-refractivity contribution in [1.29, 1.82) is 5.26 Å². The number of halogens is 7. The third-order valence-corrected chi connectivity index (χ3v) is 5.35. The average molecular weight is 541 g/mol. The Morgan fingerprint density at radius 2 is 1.39 bits per heavy atom. The molecule has 0 aromatic heterocycles. The summed E-state index contributed by atoms with van der Waals surface area (Å²) in [4.78, 5) is 0. The van der Waals surface area contributed by atoms with E-state index >= 15 is 0 Å². The molecule has 0 bridgehead atoms. The minimum atomic E-state index is -4.71. The summed E-state index contributed by atoms with van der Waals surface area (Å²) in [6.07, 6.45) is -5.54. The van der Waals surface area contributed by atoms with Crippen LogP contribution in [0.4, 0.5) is 30.7 Å². The Hall–Kier alpha value is -3.62. The van der Waals surface area contributed by atoms with E-state index < -0.39 is 58.4 Å². The Morgan fingerprint density at radius 1 is 0.842 bits per heavy atom. The number of alkyl halides is 2. The lowest BCUT2D eigenvalue weighted by Gasteiger charge is -2.27. The molecule has 38 heavy (non-hydrogen) atoms. The molecule has 3 aromatic rings. The average Bonchev–Trinajstić information content (AvgIpc) is 2.84. The fourth-order valence-electron chi connectivity index (χ4n) is 3.63. The second kappa shape index (κ2) is 11.8. The molecular weight excluding hydrogens is 519 g/mol. The summed E-state index contributed by atoms with van der Waals surface area (Å²) in [5.74, 6) is -8.44. The number of ether oxygens (including phenoxy) is 3. The first-order valence-electron chi connectivity index (χ1n) is 11.5. The summed E-state index contributed by atoms with van der Waals surface area (Å²) in [6, 6.07) is 6.35. The molecule has 1 heterocycles. The molecule has 0 atom stereocenters. The maximum Gasteiger partial charge on any atom is 0.432 e. The van der Waals surface area contributed by atoms with Crippen molar-refractivity contribution in [2.24, 2.45) is 5.92 Å². The zero-order chi connectivity index (χ0) is 28.2. The Bertz CT molecular complexity index is 1300. The van der Waals surface area contributed by atoms with E-state index in [1.54, 1.807) is 0 Å². The van der Waals surface area contributed by atoms with Crippen LogP contribution in [-0.2, 0) is 15.6 Å². The Kier molecular flexibility index (Phi) is 9.01. The number of nitrogens with zero attached hydrogens (tertiary/aromatic N) is 1. The van der Waals surface area contributed by atoms with Gasteiger partial charge in [-0.15, -0.1) is 0 Å². The lowest BCUT2D eigenvalue weighted by molar-refractivity contribution is -0.202. The zero-order valence-electron chi connectivity index (χ0n) is 20.4. The molecule has 0 saturated carbocycles. The second-order valence-corrected chi connectivity index (χ2v) is 8.15. The van der Waals surface area contributed by atoms with Crippen LogP contribution in [0.3, 0.4) is 0 Å². The zero-order valence-corrected chi connectivity index (χ0v) is 20.4. The largest absolute Gasteiger partial charge is 0.432 e. The van der Waals surface area contributed by atoms with Crippen LogP contribution in [-0.4, -0.2) is 13.2 Å². The number of rotatable bonds is 5. The van der Waals surface area contributed by atoms with E-state index in [0.29, 0.717) is 30.9 Å².